The second-order valence-corrected chi connectivity index (χ2v) is 15.9. The number of nitrogen functional groups attached to an aromatic ring is 1. The molecule has 1 aromatic heterocycles. The van der Waals surface area contributed by atoms with E-state index in [4.69, 9.17) is 5.73 Å². The summed E-state index contributed by atoms with van der Waals surface area (Å²) in [7, 11) is -21.1. The Balaban J connectivity index is 1.76. The van der Waals surface area contributed by atoms with E-state index in [1.54, 1.807) is 0 Å². The van der Waals surface area contributed by atoms with Crippen LogP contribution in [0.15, 0.2) is 94.6 Å². The fourth-order valence-electron chi connectivity index (χ4n) is 4.59. The number of nitrogens with zero attached hydrogens (tertiary/aromatic N) is 6. The Hall–Kier alpha value is -5.75. The van der Waals surface area contributed by atoms with Gasteiger partial charge in [0.15, 0.2) is 5.75 Å². The number of aromatic hydroxyl groups is 1. The van der Waals surface area contributed by atoms with E-state index in [0.29, 0.717) is 42.5 Å². The van der Waals surface area contributed by atoms with E-state index >= 15 is 0 Å². The molecule has 0 saturated carbocycles. The maximum atomic E-state index is 13.9. The van der Waals surface area contributed by atoms with Gasteiger partial charge in [0.05, 0.1) is 11.1 Å². The molecule has 0 amide bonds. The first-order valence-electron chi connectivity index (χ1n) is 13.6. The summed E-state index contributed by atoms with van der Waals surface area (Å²) in [5.41, 5.74) is 0.803. The first-order chi connectivity index (χ1) is 24.8. The molecule has 21 nitrogen and oxygen atoms in total. The van der Waals surface area contributed by atoms with Crippen molar-refractivity contribution >= 4 is 91.2 Å². The Morgan fingerprint density at radius 3 is 1.65 bits per heavy atom. The average molecular weight is 835 g/mol. The van der Waals surface area contributed by atoms with Crippen LogP contribution in [-0.2, 0) is 40.5 Å². The maximum Gasteiger partial charge on any atom is 0.313 e. The fourth-order valence-corrected chi connectivity index (χ4v) is 7.13. The zero-order valence-electron chi connectivity index (χ0n) is 25.7. The number of nitrogens with one attached hydrogen (secondary N) is 1. The van der Waals surface area contributed by atoms with E-state index in [2.05, 4.69) is 35.7 Å². The number of azo groups is 2. The predicted octanol–water partition coefficient (Wildman–Crippen LogP) is 4.90. The number of hydrogen-bond acceptors (Lipinski definition) is 17. The lowest BCUT2D eigenvalue weighted by Gasteiger charge is -2.14. The molecule has 284 valence electrons. The Bertz CT molecular complexity index is 2910. The summed E-state index contributed by atoms with van der Waals surface area (Å²) in [5.74, 6) is -4.27. The van der Waals surface area contributed by atoms with Gasteiger partial charge in [-0.05, 0) is 47.9 Å². The summed E-state index contributed by atoms with van der Waals surface area (Å²) in [6.07, 6.45) is -1.50. The molecule has 0 aliphatic carbocycles. The van der Waals surface area contributed by atoms with Crippen LogP contribution in [0.25, 0.3) is 10.8 Å². The third kappa shape index (κ3) is 8.39. The van der Waals surface area contributed by atoms with Gasteiger partial charge in [0.25, 0.3) is 40.5 Å². The lowest BCUT2D eigenvalue weighted by atomic mass is 10.1. The van der Waals surface area contributed by atoms with E-state index in [-0.39, 0.29) is 5.69 Å². The van der Waals surface area contributed by atoms with Gasteiger partial charge in [-0.25, -0.2) is 4.39 Å². The number of nitrogens with two attached hydrogens (primary N) is 1. The van der Waals surface area contributed by atoms with Crippen molar-refractivity contribution in [3.05, 3.63) is 72.4 Å². The summed E-state index contributed by atoms with van der Waals surface area (Å²) in [6, 6.07) is 5.65. The van der Waals surface area contributed by atoms with Crippen molar-refractivity contribution in [2.24, 2.45) is 20.5 Å². The van der Waals surface area contributed by atoms with Gasteiger partial charge in [0.1, 0.15) is 54.0 Å². The monoisotopic (exact) mass is 834 g/mol. The Morgan fingerprint density at radius 2 is 1.11 bits per heavy atom. The second-order valence-electron chi connectivity index (χ2n) is 10.4. The third-order valence-corrected chi connectivity index (χ3v) is 10.3. The Morgan fingerprint density at radius 1 is 0.611 bits per heavy atom. The molecule has 0 aliphatic rings. The van der Waals surface area contributed by atoms with Gasteiger partial charge in [-0.3, -0.25) is 18.2 Å². The van der Waals surface area contributed by atoms with Crippen molar-refractivity contribution in [1.82, 2.24) is 9.97 Å². The van der Waals surface area contributed by atoms with Gasteiger partial charge < -0.3 is 16.2 Å². The number of phenols is 1. The lowest BCUT2D eigenvalue weighted by Crippen LogP contribution is -2.04. The van der Waals surface area contributed by atoms with Gasteiger partial charge in [0.2, 0.25) is 5.95 Å². The van der Waals surface area contributed by atoms with Crippen LogP contribution in [0.1, 0.15) is 0 Å². The molecule has 0 unspecified atom stereocenters. The molecule has 0 radical (unpaired) electrons. The quantitative estimate of drug-likeness (QED) is 0.0323. The zero-order chi connectivity index (χ0) is 40.1. The molecule has 1 heterocycles. The first-order valence-corrected chi connectivity index (χ1v) is 19.4. The molecular weight excluding hydrogens is 818 g/mol. The van der Waals surface area contributed by atoms with Crippen LogP contribution in [0.2, 0.25) is 0 Å². The molecule has 54 heavy (non-hydrogen) atoms. The number of aromatic nitrogens is 2. The topological polar surface area (TPSA) is 351 Å². The molecule has 0 atom stereocenters. The van der Waals surface area contributed by atoms with Gasteiger partial charge in [-0.1, -0.05) is 0 Å². The number of anilines is 3. The highest BCUT2D eigenvalue weighted by atomic mass is 32.2. The maximum absolute atomic E-state index is 13.9. The third-order valence-electron chi connectivity index (χ3n) is 6.76. The fraction of sp³-hybridized carbons (Fsp3) is 0. The smallest absolute Gasteiger partial charge is 0.313 e. The molecule has 0 aliphatic heterocycles. The van der Waals surface area contributed by atoms with E-state index in [1.165, 1.54) is 0 Å². The number of rotatable bonds is 10. The van der Waals surface area contributed by atoms with Crippen molar-refractivity contribution in [1.29, 1.82) is 0 Å². The summed E-state index contributed by atoms with van der Waals surface area (Å²) in [5, 5.41) is 26.1. The zero-order valence-corrected chi connectivity index (χ0v) is 29.0. The normalized spacial score (nSPS) is 12.9. The molecule has 0 saturated heterocycles. The molecule has 0 spiro atoms. The van der Waals surface area contributed by atoms with Gasteiger partial charge in [-0.2, -0.15) is 52.4 Å². The standard InChI is InChI=1S/C26H17F3N8O13S4/c27-11-1-3-15(51(39,40)41)13(7-11)34-36-23-17(53(45,46)47)5-10-6-18(54(48,49)50)24(25(38)21(10)22(23)30)37-35-14-8-12(2-4-16(14)52(42,43)44)31-20-9-19(28)32-26(29)33-20/h1-9,38H,30H2,(H,31,32,33)(H,39,40,41)(H,42,43,44)(H,45,46,47)(H,48,49,50). The number of benzene rings is 4. The van der Waals surface area contributed by atoms with Crippen molar-refractivity contribution < 1.29 is 70.2 Å². The minimum absolute atomic E-state index is 0.223. The number of fused-ring (bicyclic) bond motifs is 1. The minimum atomic E-state index is -5.48. The van der Waals surface area contributed by atoms with Gasteiger partial charge in [-0.15, -0.1) is 20.5 Å². The largest absolute Gasteiger partial charge is 0.505 e. The summed E-state index contributed by atoms with van der Waals surface area (Å²) in [4.78, 5) is 1.45. The number of hydrogen-bond donors (Lipinski definition) is 7. The highest BCUT2D eigenvalue weighted by molar-refractivity contribution is 7.86. The van der Waals surface area contributed by atoms with Crippen molar-refractivity contribution in [3.63, 3.8) is 0 Å². The SMILES string of the molecule is Nc1c(N=Nc2cc(F)ccc2S(=O)(=O)O)c(S(=O)(=O)O)cc2cc(S(=O)(=O)O)c(N=Nc3cc(Nc4cc(F)nc(F)n4)ccc3S(=O)(=O)O)c(O)c12. The van der Waals surface area contributed by atoms with Crippen LogP contribution < -0.4 is 11.1 Å². The summed E-state index contributed by atoms with van der Waals surface area (Å²) in [6.45, 7) is 0. The van der Waals surface area contributed by atoms with E-state index in [1.807, 2.05) is 0 Å². The van der Waals surface area contributed by atoms with E-state index in [9.17, 15) is 70.2 Å². The van der Waals surface area contributed by atoms with Gasteiger partial charge >= 0.3 is 6.08 Å². The Kier molecular flexibility index (Phi) is 10.2. The minimum Gasteiger partial charge on any atom is -0.505 e. The van der Waals surface area contributed by atoms with Crippen LogP contribution in [0.3, 0.4) is 0 Å². The molecule has 5 rings (SSSR count). The van der Waals surface area contributed by atoms with Crippen molar-refractivity contribution in [2.75, 3.05) is 11.1 Å². The molecule has 8 N–H and O–H groups in total. The Labute approximate surface area is 299 Å². The second kappa shape index (κ2) is 13.9. The van der Waals surface area contributed by atoms with E-state index in [0.717, 1.165) is 12.1 Å². The van der Waals surface area contributed by atoms with Crippen LogP contribution in [0.4, 0.5) is 53.1 Å². The molecule has 28 heteroatoms. The predicted molar refractivity (Wildman–Crippen MR) is 176 cm³/mol. The first kappa shape index (κ1) is 39.5. The lowest BCUT2D eigenvalue weighted by molar-refractivity contribution is 0.472. The molecule has 0 bridgehead atoms. The number of phenolic OH excluding ortho intramolecular Hbond substituents is 1. The van der Waals surface area contributed by atoms with Crippen LogP contribution >= 0.6 is 0 Å². The molecular formula is C26H17F3N8O13S4. The number of halogens is 3. The highest BCUT2D eigenvalue weighted by Crippen LogP contribution is 2.48. The van der Waals surface area contributed by atoms with Crippen LogP contribution in [-0.4, -0.2) is 67.0 Å². The summed E-state index contributed by atoms with van der Waals surface area (Å²) < 4.78 is 177. The van der Waals surface area contributed by atoms with Gasteiger partial charge in [0, 0.05) is 17.8 Å². The van der Waals surface area contributed by atoms with Crippen LogP contribution in [0, 0.1) is 17.8 Å². The van der Waals surface area contributed by atoms with Crippen LogP contribution in [0.5, 0.6) is 5.75 Å². The highest BCUT2D eigenvalue weighted by Gasteiger charge is 2.29. The molecule has 0 fully saturated rings. The van der Waals surface area contributed by atoms with Crippen molar-refractivity contribution in [3.8, 4) is 5.75 Å². The van der Waals surface area contributed by atoms with Crippen molar-refractivity contribution in [2.45, 2.75) is 19.6 Å². The molecule has 4 aromatic carbocycles. The molecule has 5 aromatic rings. The summed E-state index contributed by atoms with van der Waals surface area (Å²) >= 11 is 0. The van der Waals surface area contributed by atoms with E-state index < -0.39 is 129 Å². The average Bonchev–Trinajstić information content (AvgIpc) is 3.01.